The summed E-state index contributed by atoms with van der Waals surface area (Å²) in [6.45, 7) is 0.271. The first kappa shape index (κ1) is 7.97. The highest BCUT2D eigenvalue weighted by Crippen LogP contribution is 1.97. The predicted molar refractivity (Wildman–Crippen MR) is 36.4 cm³/mol. The minimum absolute atomic E-state index is 0.271. The second-order valence-electron chi connectivity index (χ2n) is 1.23. The van der Waals surface area contributed by atoms with Crippen molar-refractivity contribution in [3.05, 3.63) is 0 Å². The van der Waals surface area contributed by atoms with E-state index >= 15 is 0 Å². The molecule has 1 unspecified atom stereocenters. The van der Waals surface area contributed by atoms with Gasteiger partial charge in [-0.2, -0.15) is 0 Å². The van der Waals surface area contributed by atoms with Crippen LogP contribution < -0.4 is 5.73 Å². The van der Waals surface area contributed by atoms with Gasteiger partial charge in [-0.3, -0.25) is 4.79 Å². The highest BCUT2D eigenvalue weighted by atomic mass is 79.9. The van der Waals surface area contributed by atoms with Gasteiger partial charge in [0, 0.05) is 6.54 Å². The molecule has 0 radical (unpaired) electrons. The molecule has 0 aromatic heterocycles. The van der Waals surface area contributed by atoms with E-state index in [-0.39, 0.29) is 17.3 Å². The normalized spacial score (nSPS) is 12.8. The molecule has 8 heavy (non-hydrogen) atoms. The van der Waals surface area contributed by atoms with Crippen molar-refractivity contribution in [3.8, 4) is 0 Å². The fourth-order valence-corrected chi connectivity index (χ4v) is 0.411. The number of alkyl halides is 1. The summed E-state index contributed by atoms with van der Waals surface area (Å²) in [5.41, 5.74) is 5.10. The first-order chi connectivity index (χ1) is 3.72. The summed E-state index contributed by atoms with van der Waals surface area (Å²) >= 11 is 3.00. The van der Waals surface area contributed by atoms with Gasteiger partial charge in [-0.1, -0.05) is 15.9 Å². The lowest BCUT2D eigenvalue weighted by molar-refractivity contribution is -0.133. The summed E-state index contributed by atoms with van der Waals surface area (Å²) in [6, 6.07) is 0. The Labute approximate surface area is 57.1 Å². The maximum absolute atomic E-state index is 10.4. The Morgan fingerprint density at radius 2 is 2.50 bits per heavy atom. The number of carbonyl (C=O) groups is 1. The first-order valence-corrected chi connectivity index (χ1v) is 3.06. The number of halogens is 1. The van der Waals surface area contributed by atoms with Crippen LogP contribution in [0, 0.1) is 0 Å². The van der Waals surface area contributed by atoms with Crippen molar-refractivity contribution in [2.24, 2.45) is 5.73 Å². The second-order valence-corrected chi connectivity index (χ2v) is 2.33. The molecular weight excluding hydrogens is 173 g/mol. The molecule has 0 aliphatic carbocycles. The average Bonchev–Trinajstić information content (AvgIpc) is 1.84. The first-order valence-electron chi connectivity index (χ1n) is 2.14. The van der Waals surface area contributed by atoms with Crippen LogP contribution in [0.3, 0.4) is 0 Å². The van der Waals surface area contributed by atoms with Crippen LogP contribution in [0.25, 0.3) is 0 Å². The topological polar surface area (TPSA) is 52.3 Å². The minimum Gasteiger partial charge on any atom is -0.543 e. The fraction of sp³-hybridized carbons (Fsp3) is 0.667. The SMILES string of the molecule is BOC(=O)C(Br)CN. The molecular formula is C3H7BBrNO2. The number of carbonyl (C=O) groups excluding carboxylic acids is 1. The van der Waals surface area contributed by atoms with Crippen LogP contribution in [-0.2, 0) is 9.45 Å². The van der Waals surface area contributed by atoms with E-state index in [1.807, 2.05) is 0 Å². The van der Waals surface area contributed by atoms with E-state index in [1.54, 1.807) is 0 Å². The Morgan fingerprint density at radius 1 is 2.00 bits per heavy atom. The number of rotatable bonds is 2. The fourth-order valence-electron chi connectivity index (χ4n) is 0.224. The van der Waals surface area contributed by atoms with Crippen molar-refractivity contribution < 1.29 is 9.45 Å². The molecule has 0 amide bonds. The van der Waals surface area contributed by atoms with Crippen molar-refractivity contribution in [2.75, 3.05) is 6.54 Å². The van der Waals surface area contributed by atoms with Crippen molar-refractivity contribution in [1.29, 1.82) is 0 Å². The standard InChI is InChI=1S/C3H7BBrNO2/c4-8-3(7)2(5)1-6/h2H,1,4,6H2. The third-order valence-electron chi connectivity index (χ3n) is 0.664. The largest absolute Gasteiger partial charge is 0.543 e. The Kier molecular flexibility index (Phi) is 3.90. The summed E-state index contributed by atoms with van der Waals surface area (Å²) in [5.74, 6) is -0.326. The molecule has 0 aromatic carbocycles. The Morgan fingerprint density at radius 3 is 2.62 bits per heavy atom. The van der Waals surface area contributed by atoms with E-state index in [1.165, 1.54) is 8.05 Å². The smallest absolute Gasteiger partial charge is 0.326 e. The molecule has 3 nitrogen and oxygen atoms in total. The van der Waals surface area contributed by atoms with Crippen LogP contribution in [0.15, 0.2) is 0 Å². The zero-order chi connectivity index (χ0) is 6.57. The van der Waals surface area contributed by atoms with E-state index in [0.29, 0.717) is 0 Å². The maximum atomic E-state index is 10.4. The number of nitrogens with two attached hydrogens (primary N) is 1. The zero-order valence-electron chi connectivity index (χ0n) is 4.56. The van der Waals surface area contributed by atoms with Crippen molar-refractivity contribution in [1.82, 2.24) is 0 Å². The molecule has 0 saturated heterocycles. The molecule has 0 aromatic rings. The van der Waals surface area contributed by atoms with Crippen LogP contribution in [0.1, 0.15) is 0 Å². The summed E-state index contributed by atoms with van der Waals surface area (Å²) in [7, 11) is 1.33. The third-order valence-corrected chi connectivity index (χ3v) is 1.41. The minimum atomic E-state index is -0.354. The molecule has 2 N–H and O–H groups in total. The van der Waals surface area contributed by atoms with E-state index in [9.17, 15) is 4.79 Å². The monoisotopic (exact) mass is 179 g/mol. The van der Waals surface area contributed by atoms with Gasteiger partial charge in [-0.15, -0.1) is 0 Å². The molecule has 46 valence electrons. The van der Waals surface area contributed by atoms with Gasteiger partial charge in [-0.25, -0.2) is 0 Å². The number of hydrogen-bond donors (Lipinski definition) is 1. The highest BCUT2D eigenvalue weighted by Gasteiger charge is 2.10. The summed E-state index contributed by atoms with van der Waals surface area (Å²) < 4.78 is 4.34. The van der Waals surface area contributed by atoms with Gasteiger partial charge in [0.1, 0.15) is 4.83 Å². The lowest BCUT2D eigenvalue weighted by Gasteiger charge is -2.01. The van der Waals surface area contributed by atoms with Gasteiger partial charge in [0.15, 0.2) is 0 Å². The Balaban J connectivity index is 3.46. The van der Waals surface area contributed by atoms with E-state index in [2.05, 4.69) is 20.6 Å². The molecule has 0 saturated carbocycles. The number of hydrogen-bond acceptors (Lipinski definition) is 3. The van der Waals surface area contributed by atoms with Gasteiger partial charge in [0.25, 0.3) is 0 Å². The van der Waals surface area contributed by atoms with E-state index in [4.69, 9.17) is 5.73 Å². The summed E-state index contributed by atoms with van der Waals surface area (Å²) in [4.78, 5) is 10.0. The van der Waals surface area contributed by atoms with Gasteiger partial charge in [0.05, 0.1) is 0 Å². The van der Waals surface area contributed by atoms with Crippen LogP contribution in [-0.4, -0.2) is 25.4 Å². The summed E-state index contributed by atoms with van der Waals surface area (Å²) in [6.07, 6.45) is 0. The molecule has 0 heterocycles. The summed E-state index contributed by atoms with van der Waals surface area (Å²) in [5, 5.41) is 0. The Hall–Kier alpha value is -0.0251. The molecule has 0 spiro atoms. The van der Waals surface area contributed by atoms with Gasteiger partial charge < -0.3 is 10.4 Å². The van der Waals surface area contributed by atoms with Crippen LogP contribution in [0.2, 0.25) is 0 Å². The molecule has 0 aliphatic rings. The van der Waals surface area contributed by atoms with Gasteiger partial charge >= 0.3 is 14.0 Å². The van der Waals surface area contributed by atoms with Crippen LogP contribution in [0.4, 0.5) is 0 Å². The van der Waals surface area contributed by atoms with Crippen molar-refractivity contribution in [3.63, 3.8) is 0 Å². The van der Waals surface area contributed by atoms with Gasteiger partial charge in [0.2, 0.25) is 0 Å². The molecule has 5 heteroatoms. The molecule has 0 aliphatic heterocycles. The van der Waals surface area contributed by atoms with E-state index < -0.39 is 0 Å². The van der Waals surface area contributed by atoms with Crippen LogP contribution >= 0.6 is 15.9 Å². The van der Waals surface area contributed by atoms with E-state index in [0.717, 1.165) is 0 Å². The molecule has 0 bridgehead atoms. The highest BCUT2D eigenvalue weighted by molar-refractivity contribution is 9.10. The third kappa shape index (κ3) is 2.33. The lowest BCUT2D eigenvalue weighted by atomic mass is 10.4. The zero-order valence-corrected chi connectivity index (χ0v) is 6.14. The lowest BCUT2D eigenvalue weighted by Crippen LogP contribution is -2.24. The van der Waals surface area contributed by atoms with Gasteiger partial charge in [-0.05, 0) is 0 Å². The second kappa shape index (κ2) is 3.92. The average molecular weight is 180 g/mol. The molecule has 0 fully saturated rings. The Bertz CT molecular complexity index is 89.4. The van der Waals surface area contributed by atoms with Crippen molar-refractivity contribution in [2.45, 2.75) is 4.83 Å². The maximum Gasteiger partial charge on any atom is 0.326 e. The molecule has 0 rings (SSSR count). The van der Waals surface area contributed by atoms with Crippen molar-refractivity contribution >= 4 is 29.9 Å². The van der Waals surface area contributed by atoms with Crippen LogP contribution in [0.5, 0.6) is 0 Å². The predicted octanol–water partition coefficient (Wildman–Crippen LogP) is -1.20. The molecule has 1 atom stereocenters. The quantitative estimate of drug-likeness (QED) is 0.428.